The Morgan fingerprint density at radius 1 is 1.16 bits per heavy atom. The van der Waals surface area contributed by atoms with Crippen LogP contribution in [0.25, 0.3) is 0 Å². The fraction of sp³-hybridized carbons (Fsp3) is 0.545. The zero-order valence-corrected chi connectivity index (χ0v) is 19.7. The summed E-state index contributed by atoms with van der Waals surface area (Å²) in [4.78, 5) is 13.0. The number of amides is 1. The number of ether oxygens (including phenoxy) is 2. The third kappa shape index (κ3) is 4.21. The SMILES string of the molecule is Cc1nn(C)c(C)c1C(C)NC(=O)C1CCN(S(=O)(=O)c2ccc3c(c2)OCCO3)CC1. The lowest BCUT2D eigenvalue weighted by atomic mass is 9.96. The van der Waals surface area contributed by atoms with Crippen molar-refractivity contribution in [2.75, 3.05) is 26.3 Å². The van der Waals surface area contributed by atoms with Crippen molar-refractivity contribution in [3.63, 3.8) is 0 Å². The van der Waals surface area contributed by atoms with Crippen LogP contribution in [0.2, 0.25) is 0 Å². The van der Waals surface area contributed by atoms with Crippen LogP contribution in [0.5, 0.6) is 11.5 Å². The van der Waals surface area contributed by atoms with E-state index in [2.05, 4.69) is 10.4 Å². The van der Waals surface area contributed by atoms with Crippen LogP contribution in [-0.2, 0) is 21.9 Å². The Kier molecular flexibility index (Phi) is 6.17. The number of hydrogen-bond donors (Lipinski definition) is 1. The van der Waals surface area contributed by atoms with E-state index in [0.29, 0.717) is 50.6 Å². The maximum absolute atomic E-state index is 13.1. The molecule has 1 saturated heterocycles. The molecule has 2 aromatic rings. The number of nitrogens with one attached hydrogen (secondary N) is 1. The molecule has 1 amide bonds. The molecule has 1 aromatic carbocycles. The van der Waals surface area contributed by atoms with Gasteiger partial charge in [0.2, 0.25) is 15.9 Å². The summed E-state index contributed by atoms with van der Waals surface area (Å²) in [6.07, 6.45) is 0.959. The van der Waals surface area contributed by atoms with Crippen LogP contribution in [0.4, 0.5) is 0 Å². The molecule has 0 radical (unpaired) electrons. The highest BCUT2D eigenvalue weighted by atomic mass is 32.2. The lowest BCUT2D eigenvalue weighted by Crippen LogP contribution is -2.43. The number of carbonyl (C=O) groups excluding carboxylic acids is 1. The summed E-state index contributed by atoms with van der Waals surface area (Å²) in [5, 5.41) is 7.51. The minimum Gasteiger partial charge on any atom is -0.486 e. The Morgan fingerprint density at radius 3 is 2.44 bits per heavy atom. The molecule has 32 heavy (non-hydrogen) atoms. The molecule has 4 rings (SSSR count). The summed E-state index contributed by atoms with van der Waals surface area (Å²) in [5.41, 5.74) is 2.95. The van der Waals surface area contributed by atoms with E-state index in [4.69, 9.17) is 9.47 Å². The first-order valence-electron chi connectivity index (χ1n) is 10.9. The minimum atomic E-state index is -3.66. The molecule has 1 atom stereocenters. The molecule has 0 spiro atoms. The molecule has 9 nitrogen and oxygen atoms in total. The number of nitrogens with zero attached hydrogens (tertiary/aromatic N) is 3. The largest absolute Gasteiger partial charge is 0.486 e. The Bertz CT molecular complexity index is 1120. The normalized spacial score (nSPS) is 18.4. The third-order valence-corrected chi connectivity index (χ3v) is 8.23. The predicted molar refractivity (Wildman–Crippen MR) is 118 cm³/mol. The van der Waals surface area contributed by atoms with Gasteiger partial charge in [0.1, 0.15) is 13.2 Å². The third-order valence-electron chi connectivity index (χ3n) is 6.33. The highest BCUT2D eigenvalue weighted by Crippen LogP contribution is 2.34. The average Bonchev–Trinajstić information content (AvgIpc) is 3.04. The molecular weight excluding hydrogens is 432 g/mol. The molecule has 2 aliphatic rings. The Morgan fingerprint density at radius 2 is 1.81 bits per heavy atom. The number of sulfonamides is 1. The highest BCUT2D eigenvalue weighted by molar-refractivity contribution is 7.89. The first-order chi connectivity index (χ1) is 15.2. The van der Waals surface area contributed by atoms with Gasteiger partial charge in [0, 0.05) is 43.4 Å². The molecule has 0 saturated carbocycles. The zero-order chi connectivity index (χ0) is 23.0. The van der Waals surface area contributed by atoms with Crippen LogP contribution < -0.4 is 14.8 Å². The van der Waals surface area contributed by atoms with Crippen molar-refractivity contribution >= 4 is 15.9 Å². The van der Waals surface area contributed by atoms with E-state index in [0.717, 1.165) is 17.0 Å². The summed E-state index contributed by atoms with van der Waals surface area (Å²) >= 11 is 0. The number of carbonyl (C=O) groups is 1. The fourth-order valence-electron chi connectivity index (χ4n) is 4.51. The second-order valence-corrected chi connectivity index (χ2v) is 10.4. The van der Waals surface area contributed by atoms with Crippen molar-refractivity contribution in [2.24, 2.45) is 13.0 Å². The topological polar surface area (TPSA) is 103 Å². The molecule has 0 aliphatic carbocycles. The van der Waals surface area contributed by atoms with Crippen molar-refractivity contribution in [3.05, 3.63) is 35.2 Å². The first kappa shape index (κ1) is 22.6. The Hall–Kier alpha value is -2.59. The lowest BCUT2D eigenvalue weighted by molar-refractivity contribution is -0.126. The number of aromatic nitrogens is 2. The van der Waals surface area contributed by atoms with Crippen molar-refractivity contribution in [1.29, 1.82) is 0 Å². The van der Waals surface area contributed by atoms with Crippen LogP contribution in [0, 0.1) is 19.8 Å². The molecule has 0 bridgehead atoms. The average molecular weight is 463 g/mol. The molecule has 1 N–H and O–H groups in total. The second kappa shape index (κ2) is 8.74. The van der Waals surface area contributed by atoms with Gasteiger partial charge in [-0.3, -0.25) is 9.48 Å². The molecule has 2 aliphatic heterocycles. The first-order valence-corrected chi connectivity index (χ1v) is 12.3. The number of benzene rings is 1. The van der Waals surface area contributed by atoms with E-state index in [1.165, 1.54) is 10.4 Å². The maximum Gasteiger partial charge on any atom is 0.243 e. The highest BCUT2D eigenvalue weighted by Gasteiger charge is 2.33. The van der Waals surface area contributed by atoms with E-state index < -0.39 is 10.0 Å². The Labute approximate surface area is 188 Å². The maximum atomic E-state index is 13.1. The minimum absolute atomic E-state index is 0.0449. The summed E-state index contributed by atoms with van der Waals surface area (Å²) in [7, 11) is -1.78. The van der Waals surface area contributed by atoms with E-state index >= 15 is 0 Å². The van der Waals surface area contributed by atoms with Crippen molar-refractivity contribution in [1.82, 2.24) is 19.4 Å². The van der Waals surface area contributed by atoms with Crippen LogP contribution in [0.3, 0.4) is 0 Å². The van der Waals surface area contributed by atoms with Gasteiger partial charge in [-0.25, -0.2) is 8.42 Å². The number of rotatable bonds is 5. The van der Waals surface area contributed by atoms with Gasteiger partial charge in [-0.1, -0.05) is 0 Å². The van der Waals surface area contributed by atoms with E-state index in [1.807, 2.05) is 32.5 Å². The standard InChI is InChI=1S/C22H30N4O5S/c1-14(21-15(2)24-25(4)16(21)3)23-22(27)17-7-9-26(10-8-17)32(28,29)18-5-6-19-20(13-18)31-12-11-30-19/h5-6,13-14,17H,7-12H2,1-4H3,(H,23,27). The number of piperidine rings is 1. The fourth-order valence-corrected chi connectivity index (χ4v) is 6.00. The quantitative estimate of drug-likeness (QED) is 0.730. The molecule has 10 heteroatoms. The van der Waals surface area contributed by atoms with E-state index in [9.17, 15) is 13.2 Å². The van der Waals surface area contributed by atoms with Gasteiger partial charge in [-0.05, 0) is 45.7 Å². The molecule has 174 valence electrons. The van der Waals surface area contributed by atoms with E-state index in [1.54, 1.807) is 12.1 Å². The van der Waals surface area contributed by atoms with Gasteiger partial charge in [0.05, 0.1) is 16.6 Å². The zero-order valence-electron chi connectivity index (χ0n) is 18.9. The molecule has 1 aromatic heterocycles. The molecular formula is C22H30N4O5S. The summed E-state index contributed by atoms with van der Waals surface area (Å²) in [6, 6.07) is 4.53. The summed E-state index contributed by atoms with van der Waals surface area (Å²) in [6.45, 7) is 7.32. The van der Waals surface area contributed by atoms with Crippen molar-refractivity contribution in [2.45, 2.75) is 44.6 Å². The van der Waals surface area contributed by atoms with Crippen LogP contribution in [0.1, 0.15) is 42.8 Å². The van der Waals surface area contributed by atoms with Crippen LogP contribution in [-0.4, -0.2) is 54.7 Å². The molecule has 3 heterocycles. The van der Waals surface area contributed by atoms with Crippen LogP contribution in [0.15, 0.2) is 23.1 Å². The summed E-state index contributed by atoms with van der Waals surface area (Å²) in [5.74, 6) is 0.735. The smallest absolute Gasteiger partial charge is 0.243 e. The second-order valence-electron chi connectivity index (χ2n) is 8.42. The van der Waals surface area contributed by atoms with Gasteiger partial charge < -0.3 is 14.8 Å². The van der Waals surface area contributed by atoms with Gasteiger partial charge in [-0.2, -0.15) is 9.40 Å². The number of aryl methyl sites for hydroxylation is 2. The number of fused-ring (bicyclic) bond motifs is 1. The van der Waals surface area contributed by atoms with Crippen molar-refractivity contribution < 1.29 is 22.7 Å². The number of hydrogen-bond acceptors (Lipinski definition) is 6. The molecule has 1 fully saturated rings. The van der Waals surface area contributed by atoms with Gasteiger partial charge in [0.15, 0.2) is 11.5 Å². The lowest BCUT2D eigenvalue weighted by Gasteiger charge is -2.31. The van der Waals surface area contributed by atoms with E-state index in [-0.39, 0.29) is 22.8 Å². The monoisotopic (exact) mass is 462 g/mol. The Balaban J connectivity index is 1.38. The van der Waals surface area contributed by atoms with Crippen LogP contribution >= 0.6 is 0 Å². The summed E-state index contributed by atoms with van der Waals surface area (Å²) < 4.78 is 40.5. The predicted octanol–water partition coefficient (Wildman–Crippen LogP) is 2.09. The molecule has 1 unspecified atom stereocenters. The van der Waals surface area contributed by atoms with Gasteiger partial charge in [0.25, 0.3) is 0 Å². The van der Waals surface area contributed by atoms with Gasteiger partial charge >= 0.3 is 0 Å². The van der Waals surface area contributed by atoms with Crippen molar-refractivity contribution in [3.8, 4) is 11.5 Å². The van der Waals surface area contributed by atoms with Gasteiger partial charge in [-0.15, -0.1) is 0 Å².